The number of amides is 2. The summed E-state index contributed by atoms with van der Waals surface area (Å²) in [4.78, 5) is 23.6. The van der Waals surface area contributed by atoms with Crippen LogP contribution in [0.25, 0.3) is 0 Å². The lowest BCUT2D eigenvalue weighted by Gasteiger charge is -2.07. The molecule has 0 atom stereocenters. The van der Waals surface area contributed by atoms with E-state index in [2.05, 4.69) is 10.6 Å². The van der Waals surface area contributed by atoms with E-state index in [9.17, 15) is 9.59 Å². The number of hydrogen-bond acceptors (Lipinski definition) is 3. The van der Waals surface area contributed by atoms with Crippen molar-refractivity contribution in [2.75, 3.05) is 18.5 Å². The Morgan fingerprint density at radius 2 is 1.58 bits per heavy atom. The summed E-state index contributed by atoms with van der Waals surface area (Å²) in [6, 6.07) is 16.8. The van der Waals surface area contributed by atoms with E-state index < -0.39 is 0 Å². The Morgan fingerprint density at radius 1 is 0.875 bits per heavy atom. The van der Waals surface area contributed by atoms with Crippen molar-refractivity contribution in [1.82, 2.24) is 5.32 Å². The van der Waals surface area contributed by atoms with Crippen LogP contribution in [-0.4, -0.2) is 30.1 Å². The predicted molar refractivity (Wildman–Crippen MR) is 93.6 cm³/mol. The predicted octanol–water partition coefficient (Wildman–Crippen LogP) is 1.91. The van der Waals surface area contributed by atoms with E-state index in [0.717, 1.165) is 11.1 Å². The molecule has 0 aliphatic heterocycles. The standard InChI is InChI=1S/C19H22N2O3/c22-13-11-15-6-8-17(9-7-15)21-18(23)10-12-20-19(24)14-16-4-2-1-3-5-16/h1-9,22H,10-14H2,(H,20,24)(H,21,23). The third kappa shape index (κ3) is 6.22. The Hall–Kier alpha value is -2.66. The number of anilines is 1. The summed E-state index contributed by atoms with van der Waals surface area (Å²) in [5.74, 6) is -0.243. The van der Waals surface area contributed by atoms with E-state index >= 15 is 0 Å². The summed E-state index contributed by atoms with van der Waals surface area (Å²) in [5.41, 5.74) is 2.67. The van der Waals surface area contributed by atoms with E-state index in [0.29, 0.717) is 25.1 Å². The minimum absolute atomic E-state index is 0.0950. The van der Waals surface area contributed by atoms with E-state index in [1.165, 1.54) is 0 Å². The first-order valence-corrected chi connectivity index (χ1v) is 7.97. The molecule has 0 fully saturated rings. The molecule has 0 radical (unpaired) electrons. The zero-order valence-electron chi connectivity index (χ0n) is 13.5. The molecule has 0 heterocycles. The normalized spacial score (nSPS) is 10.2. The van der Waals surface area contributed by atoms with Gasteiger partial charge in [-0.15, -0.1) is 0 Å². The van der Waals surface area contributed by atoms with Crippen LogP contribution in [0.3, 0.4) is 0 Å². The highest BCUT2D eigenvalue weighted by atomic mass is 16.3. The number of aliphatic hydroxyl groups excluding tert-OH is 1. The van der Waals surface area contributed by atoms with Crippen molar-refractivity contribution >= 4 is 17.5 Å². The minimum atomic E-state index is -0.148. The third-order valence-electron chi connectivity index (χ3n) is 3.52. The number of hydrogen-bond donors (Lipinski definition) is 3. The fourth-order valence-corrected chi connectivity index (χ4v) is 2.27. The molecule has 3 N–H and O–H groups in total. The Balaban J connectivity index is 1.68. The largest absolute Gasteiger partial charge is 0.396 e. The molecule has 0 aromatic heterocycles. The smallest absolute Gasteiger partial charge is 0.226 e. The third-order valence-corrected chi connectivity index (χ3v) is 3.52. The highest BCUT2D eigenvalue weighted by Gasteiger charge is 2.06. The first-order valence-electron chi connectivity index (χ1n) is 7.97. The Kier molecular flexibility index (Phi) is 6.98. The lowest BCUT2D eigenvalue weighted by molar-refractivity contribution is -0.120. The second-order valence-corrected chi connectivity index (χ2v) is 5.48. The van der Waals surface area contributed by atoms with E-state index in [4.69, 9.17) is 5.11 Å². The average Bonchev–Trinajstić information content (AvgIpc) is 2.58. The second-order valence-electron chi connectivity index (χ2n) is 5.48. The van der Waals surface area contributed by atoms with E-state index in [1.807, 2.05) is 42.5 Å². The van der Waals surface area contributed by atoms with Gasteiger partial charge in [-0.2, -0.15) is 0 Å². The van der Waals surface area contributed by atoms with Gasteiger partial charge in [-0.1, -0.05) is 42.5 Å². The highest BCUT2D eigenvalue weighted by molar-refractivity contribution is 5.91. The Morgan fingerprint density at radius 3 is 2.25 bits per heavy atom. The molecule has 0 saturated heterocycles. The van der Waals surface area contributed by atoms with Crippen molar-refractivity contribution in [2.45, 2.75) is 19.3 Å². The van der Waals surface area contributed by atoms with Gasteiger partial charge in [0, 0.05) is 25.3 Å². The van der Waals surface area contributed by atoms with Crippen molar-refractivity contribution in [3.8, 4) is 0 Å². The van der Waals surface area contributed by atoms with Crippen LogP contribution in [0.1, 0.15) is 17.5 Å². The van der Waals surface area contributed by atoms with Crippen LogP contribution in [-0.2, 0) is 22.4 Å². The molecule has 0 spiro atoms. The van der Waals surface area contributed by atoms with Crippen molar-refractivity contribution in [3.05, 3.63) is 65.7 Å². The topological polar surface area (TPSA) is 78.4 Å². The molecule has 0 unspecified atom stereocenters. The van der Waals surface area contributed by atoms with Gasteiger partial charge in [0.1, 0.15) is 0 Å². The summed E-state index contributed by atoms with van der Waals surface area (Å²) in [6.45, 7) is 0.411. The SMILES string of the molecule is O=C(Cc1ccccc1)NCCC(=O)Nc1ccc(CCO)cc1. The lowest BCUT2D eigenvalue weighted by Crippen LogP contribution is -2.28. The zero-order chi connectivity index (χ0) is 17.2. The number of rotatable bonds is 8. The van der Waals surface area contributed by atoms with Gasteiger partial charge in [0.25, 0.3) is 0 Å². The molecule has 2 aromatic rings. The van der Waals surface area contributed by atoms with Crippen molar-refractivity contribution in [3.63, 3.8) is 0 Å². The maximum atomic E-state index is 11.9. The van der Waals surface area contributed by atoms with Gasteiger partial charge in [0.05, 0.1) is 6.42 Å². The molecule has 2 aromatic carbocycles. The molecule has 0 aliphatic carbocycles. The maximum Gasteiger partial charge on any atom is 0.226 e. The van der Waals surface area contributed by atoms with Gasteiger partial charge >= 0.3 is 0 Å². The number of carbonyl (C=O) groups is 2. The van der Waals surface area contributed by atoms with E-state index in [1.54, 1.807) is 12.1 Å². The van der Waals surface area contributed by atoms with Crippen LogP contribution in [0, 0.1) is 0 Å². The fourth-order valence-electron chi connectivity index (χ4n) is 2.27. The number of carbonyl (C=O) groups excluding carboxylic acids is 2. The fraction of sp³-hybridized carbons (Fsp3) is 0.263. The summed E-state index contributed by atoms with van der Waals surface area (Å²) >= 11 is 0. The Bertz CT molecular complexity index is 654. The summed E-state index contributed by atoms with van der Waals surface area (Å²) in [6.07, 6.45) is 1.13. The summed E-state index contributed by atoms with van der Waals surface area (Å²) < 4.78 is 0. The first kappa shape index (κ1) is 17.7. The van der Waals surface area contributed by atoms with Crippen molar-refractivity contribution < 1.29 is 14.7 Å². The number of benzene rings is 2. The van der Waals surface area contributed by atoms with Gasteiger partial charge in [-0.25, -0.2) is 0 Å². The van der Waals surface area contributed by atoms with Gasteiger partial charge in [-0.05, 0) is 29.7 Å². The van der Waals surface area contributed by atoms with Crippen LogP contribution in [0.15, 0.2) is 54.6 Å². The van der Waals surface area contributed by atoms with Gasteiger partial charge < -0.3 is 15.7 Å². The molecular weight excluding hydrogens is 304 g/mol. The van der Waals surface area contributed by atoms with Gasteiger partial charge in [0.15, 0.2) is 0 Å². The molecule has 2 rings (SSSR count). The number of nitrogens with one attached hydrogen (secondary N) is 2. The van der Waals surface area contributed by atoms with Crippen molar-refractivity contribution in [1.29, 1.82) is 0 Å². The molecule has 5 nitrogen and oxygen atoms in total. The second kappa shape index (κ2) is 9.47. The van der Waals surface area contributed by atoms with Gasteiger partial charge in [-0.3, -0.25) is 9.59 Å². The molecule has 0 aliphatic rings. The average molecular weight is 326 g/mol. The van der Waals surface area contributed by atoms with Crippen LogP contribution >= 0.6 is 0 Å². The zero-order valence-corrected chi connectivity index (χ0v) is 13.5. The van der Waals surface area contributed by atoms with Crippen LogP contribution < -0.4 is 10.6 Å². The molecule has 24 heavy (non-hydrogen) atoms. The minimum Gasteiger partial charge on any atom is -0.396 e. The molecule has 2 amide bonds. The molecule has 5 heteroatoms. The summed E-state index contributed by atoms with van der Waals surface area (Å²) in [7, 11) is 0. The molecular formula is C19H22N2O3. The first-order chi connectivity index (χ1) is 11.7. The summed E-state index contributed by atoms with van der Waals surface area (Å²) in [5, 5.41) is 14.4. The van der Waals surface area contributed by atoms with Crippen LogP contribution in [0.4, 0.5) is 5.69 Å². The van der Waals surface area contributed by atoms with Crippen molar-refractivity contribution in [2.24, 2.45) is 0 Å². The number of aliphatic hydroxyl groups is 1. The molecule has 0 bridgehead atoms. The molecule has 0 saturated carbocycles. The quantitative estimate of drug-likeness (QED) is 0.693. The van der Waals surface area contributed by atoms with Gasteiger partial charge in [0.2, 0.25) is 11.8 Å². The maximum absolute atomic E-state index is 11.9. The monoisotopic (exact) mass is 326 g/mol. The Labute approximate surface area is 141 Å². The lowest BCUT2D eigenvalue weighted by atomic mass is 10.1. The van der Waals surface area contributed by atoms with E-state index in [-0.39, 0.29) is 24.8 Å². The highest BCUT2D eigenvalue weighted by Crippen LogP contribution is 2.10. The van der Waals surface area contributed by atoms with Crippen LogP contribution in [0.2, 0.25) is 0 Å². The molecule has 126 valence electrons. The van der Waals surface area contributed by atoms with Crippen LogP contribution in [0.5, 0.6) is 0 Å².